The molecule has 1 aromatic carbocycles. The van der Waals surface area contributed by atoms with Crippen molar-refractivity contribution < 1.29 is 19.8 Å². The van der Waals surface area contributed by atoms with E-state index in [4.69, 9.17) is 10.2 Å². The second-order valence-electron chi connectivity index (χ2n) is 8.41. The molecule has 2 heterocycles. The number of pyridine rings is 1. The number of carboxylic acids is 2. The highest BCUT2D eigenvalue weighted by atomic mass is 16.4. The van der Waals surface area contributed by atoms with Gasteiger partial charge >= 0.3 is 11.9 Å². The number of likely N-dealkylation sites (N-methyl/N-ethyl adjacent to an activating group) is 1. The van der Waals surface area contributed by atoms with E-state index in [1.807, 2.05) is 12.4 Å². The summed E-state index contributed by atoms with van der Waals surface area (Å²) in [5.41, 5.74) is 8.74. The second kappa shape index (κ2) is 11.5. The van der Waals surface area contributed by atoms with Gasteiger partial charge in [0.05, 0.1) is 0 Å². The van der Waals surface area contributed by atoms with E-state index in [0.717, 1.165) is 6.42 Å². The molecule has 0 saturated carbocycles. The summed E-state index contributed by atoms with van der Waals surface area (Å²) in [6, 6.07) is 11.0. The fourth-order valence-corrected chi connectivity index (χ4v) is 4.30. The van der Waals surface area contributed by atoms with Crippen molar-refractivity contribution in [2.75, 3.05) is 39.8 Å². The molecule has 1 aliphatic carbocycles. The Kier molecular flexibility index (Phi) is 8.52. The van der Waals surface area contributed by atoms with Gasteiger partial charge in [0.25, 0.3) is 0 Å². The SMILES string of the molecule is CC1=C(CCN2CCN(C)CC2)c2cccc(-c3ccncc3)c2C1.O=C(O)/C=C\C(=O)O. The van der Waals surface area contributed by atoms with Crippen LogP contribution in [0, 0.1) is 0 Å². The molecule has 0 radical (unpaired) electrons. The number of aromatic nitrogens is 1. The molecule has 4 rings (SSSR count). The molecule has 2 N–H and O–H groups in total. The van der Waals surface area contributed by atoms with Gasteiger partial charge in [0.1, 0.15) is 0 Å². The second-order valence-corrected chi connectivity index (χ2v) is 8.41. The lowest BCUT2D eigenvalue weighted by Gasteiger charge is -2.32. The van der Waals surface area contributed by atoms with Crippen molar-refractivity contribution >= 4 is 17.5 Å². The van der Waals surface area contributed by atoms with E-state index in [-0.39, 0.29) is 0 Å². The lowest BCUT2D eigenvalue weighted by Crippen LogP contribution is -2.44. The highest BCUT2D eigenvalue weighted by Gasteiger charge is 2.23. The van der Waals surface area contributed by atoms with Crippen LogP contribution in [-0.2, 0) is 16.0 Å². The van der Waals surface area contributed by atoms with E-state index < -0.39 is 11.9 Å². The Balaban J connectivity index is 0.000000331. The Hall–Kier alpha value is -3.29. The third-order valence-electron chi connectivity index (χ3n) is 6.09. The number of aliphatic carboxylic acids is 2. The van der Waals surface area contributed by atoms with Crippen LogP contribution in [0.3, 0.4) is 0 Å². The monoisotopic (exact) mass is 449 g/mol. The molecule has 7 heteroatoms. The Bertz CT molecular complexity index is 1020. The van der Waals surface area contributed by atoms with Gasteiger partial charge in [-0.2, -0.15) is 0 Å². The number of nitrogens with zero attached hydrogens (tertiary/aromatic N) is 3. The van der Waals surface area contributed by atoms with Crippen LogP contribution in [0.15, 0.2) is 60.5 Å². The summed E-state index contributed by atoms with van der Waals surface area (Å²) in [4.78, 5) is 28.3. The lowest BCUT2D eigenvalue weighted by molar-refractivity contribution is -0.134. The lowest BCUT2D eigenvalue weighted by atomic mass is 9.95. The fourth-order valence-electron chi connectivity index (χ4n) is 4.30. The van der Waals surface area contributed by atoms with Gasteiger partial charge in [0.15, 0.2) is 0 Å². The highest BCUT2D eigenvalue weighted by Crippen LogP contribution is 2.40. The normalized spacial score (nSPS) is 16.4. The van der Waals surface area contributed by atoms with Crippen LogP contribution in [0.4, 0.5) is 0 Å². The fraction of sp³-hybridized carbons (Fsp3) is 0.346. The van der Waals surface area contributed by atoms with Gasteiger partial charge in [-0.25, -0.2) is 9.59 Å². The Morgan fingerprint density at radius 2 is 1.58 bits per heavy atom. The van der Waals surface area contributed by atoms with Crippen molar-refractivity contribution in [3.63, 3.8) is 0 Å². The zero-order valence-corrected chi connectivity index (χ0v) is 19.2. The molecule has 0 spiro atoms. The van der Waals surface area contributed by atoms with Crippen LogP contribution in [0.5, 0.6) is 0 Å². The number of benzene rings is 1. The number of rotatable bonds is 6. The van der Waals surface area contributed by atoms with E-state index >= 15 is 0 Å². The highest BCUT2D eigenvalue weighted by molar-refractivity contribution is 5.89. The summed E-state index contributed by atoms with van der Waals surface area (Å²) in [5, 5.41) is 15.6. The largest absolute Gasteiger partial charge is 0.478 e. The minimum atomic E-state index is -1.26. The van der Waals surface area contributed by atoms with Crippen molar-refractivity contribution in [3.8, 4) is 11.1 Å². The summed E-state index contributed by atoms with van der Waals surface area (Å²) < 4.78 is 0. The number of piperazine rings is 1. The van der Waals surface area contributed by atoms with Crippen molar-refractivity contribution in [1.29, 1.82) is 0 Å². The molecule has 2 aromatic rings. The topological polar surface area (TPSA) is 94.0 Å². The van der Waals surface area contributed by atoms with Crippen LogP contribution in [-0.4, -0.2) is 76.7 Å². The minimum Gasteiger partial charge on any atom is -0.478 e. The first kappa shape index (κ1) is 24.4. The molecule has 2 aliphatic rings. The minimum absolute atomic E-state index is 0.558. The number of carboxylic acid groups (broad SMARTS) is 2. The zero-order valence-electron chi connectivity index (χ0n) is 19.2. The maximum absolute atomic E-state index is 9.55. The number of fused-ring (bicyclic) bond motifs is 1. The van der Waals surface area contributed by atoms with Crippen molar-refractivity contribution in [2.24, 2.45) is 0 Å². The zero-order chi connectivity index (χ0) is 23.8. The summed E-state index contributed by atoms with van der Waals surface area (Å²) in [6.07, 6.45) is 7.15. The number of hydrogen-bond acceptors (Lipinski definition) is 5. The van der Waals surface area contributed by atoms with E-state index in [1.165, 1.54) is 61.4 Å². The predicted octanol–water partition coefficient (Wildman–Crippen LogP) is 3.43. The van der Waals surface area contributed by atoms with Crippen LogP contribution < -0.4 is 0 Å². The Labute approximate surface area is 194 Å². The average Bonchev–Trinajstić information content (AvgIpc) is 3.13. The van der Waals surface area contributed by atoms with Crippen molar-refractivity contribution in [3.05, 3.63) is 71.6 Å². The maximum atomic E-state index is 9.55. The molecule has 174 valence electrons. The van der Waals surface area contributed by atoms with E-state index in [2.05, 4.69) is 59.1 Å². The van der Waals surface area contributed by atoms with Gasteiger partial charge in [0.2, 0.25) is 0 Å². The van der Waals surface area contributed by atoms with Crippen LogP contribution >= 0.6 is 0 Å². The molecule has 33 heavy (non-hydrogen) atoms. The molecular weight excluding hydrogens is 418 g/mol. The van der Waals surface area contributed by atoms with Crippen LogP contribution in [0.2, 0.25) is 0 Å². The first-order valence-electron chi connectivity index (χ1n) is 11.1. The Morgan fingerprint density at radius 3 is 2.18 bits per heavy atom. The standard InChI is InChI=1S/C22H27N3.C4H4O4/c1-17-16-22-20(18-6-9-23-10-7-18)4-3-5-21(22)19(17)8-11-25-14-12-24(2)13-15-25;5-3(6)1-2-4(7)8/h3-7,9-10H,8,11-16H2,1-2H3;1-2H,(H,5,6)(H,7,8)/b;2-1-. The average molecular weight is 450 g/mol. The maximum Gasteiger partial charge on any atom is 0.328 e. The first-order valence-corrected chi connectivity index (χ1v) is 11.1. The molecule has 0 amide bonds. The number of carbonyl (C=O) groups is 2. The molecule has 1 fully saturated rings. The smallest absolute Gasteiger partial charge is 0.328 e. The van der Waals surface area contributed by atoms with Crippen molar-refractivity contribution in [2.45, 2.75) is 19.8 Å². The number of allylic oxidation sites excluding steroid dienone is 1. The molecule has 0 unspecified atom stereocenters. The van der Waals surface area contributed by atoms with Crippen molar-refractivity contribution in [1.82, 2.24) is 14.8 Å². The third-order valence-corrected chi connectivity index (χ3v) is 6.09. The van der Waals surface area contributed by atoms with Crippen LogP contribution in [0.1, 0.15) is 24.5 Å². The molecule has 7 nitrogen and oxygen atoms in total. The summed E-state index contributed by atoms with van der Waals surface area (Å²) >= 11 is 0. The predicted molar refractivity (Wildman–Crippen MR) is 129 cm³/mol. The molecular formula is C26H31N3O4. The number of hydrogen-bond donors (Lipinski definition) is 2. The molecule has 0 bridgehead atoms. The van der Waals surface area contributed by atoms with E-state index in [1.54, 1.807) is 11.1 Å². The van der Waals surface area contributed by atoms with Gasteiger partial charge in [-0.1, -0.05) is 23.8 Å². The third kappa shape index (κ3) is 6.84. The molecule has 0 atom stereocenters. The first-order chi connectivity index (χ1) is 15.8. The summed E-state index contributed by atoms with van der Waals surface area (Å²) in [5.74, 6) is -2.51. The van der Waals surface area contributed by atoms with E-state index in [0.29, 0.717) is 12.2 Å². The summed E-state index contributed by atoms with van der Waals surface area (Å²) in [7, 11) is 2.22. The molecule has 1 aromatic heterocycles. The molecule has 1 aliphatic heterocycles. The van der Waals surface area contributed by atoms with E-state index in [9.17, 15) is 9.59 Å². The van der Waals surface area contributed by atoms with Crippen LogP contribution in [0.25, 0.3) is 16.7 Å². The van der Waals surface area contributed by atoms with Gasteiger partial charge in [-0.15, -0.1) is 0 Å². The van der Waals surface area contributed by atoms with Gasteiger partial charge in [0, 0.05) is 57.3 Å². The Morgan fingerprint density at radius 1 is 0.970 bits per heavy atom. The molecule has 1 saturated heterocycles. The quantitative estimate of drug-likeness (QED) is 0.653. The van der Waals surface area contributed by atoms with Gasteiger partial charge in [-0.3, -0.25) is 4.98 Å². The van der Waals surface area contributed by atoms with Gasteiger partial charge in [-0.05, 0) is 66.8 Å². The van der Waals surface area contributed by atoms with Gasteiger partial charge < -0.3 is 20.0 Å². The summed E-state index contributed by atoms with van der Waals surface area (Å²) in [6.45, 7) is 8.29.